The number of carboxylic acid groups (broad SMARTS) is 1. The average Bonchev–Trinajstić information content (AvgIpc) is 2.42. The quantitative estimate of drug-likeness (QED) is 0.557. The van der Waals surface area contributed by atoms with E-state index >= 15 is 0 Å². The van der Waals surface area contributed by atoms with E-state index in [0.717, 1.165) is 6.08 Å². The number of aliphatic carboxylic acids is 1. The number of hydrogen-bond donors (Lipinski definition) is 1. The van der Waals surface area contributed by atoms with Crippen LogP contribution in [0.25, 0.3) is 6.08 Å². The van der Waals surface area contributed by atoms with Gasteiger partial charge in [0.05, 0.1) is 6.61 Å². The standard InChI is InChI=1S/C12H15N3O4/c1-15(5-6-19-2)12-13-7-9(8-14-12)3-4-10(16)11(17)18/h3-4,7-8H,5-6H2,1-2H3,(H,17,18). The molecule has 0 saturated carbocycles. The summed E-state index contributed by atoms with van der Waals surface area (Å²) in [7, 11) is 3.44. The van der Waals surface area contributed by atoms with Crippen molar-refractivity contribution in [3.05, 3.63) is 24.0 Å². The van der Waals surface area contributed by atoms with Crippen molar-refractivity contribution in [1.29, 1.82) is 0 Å². The summed E-state index contributed by atoms with van der Waals surface area (Å²) in [6.45, 7) is 1.22. The van der Waals surface area contributed by atoms with Crippen LogP contribution in [0, 0.1) is 0 Å². The van der Waals surface area contributed by atoms with Gasteiger partial charge in [0.15, 0.2) is 0 Å². The number of ketones is 1. The van der Waals surface area contributed by atoms with Crippen molar-refractivity contribution in [1.82, 2.24) is 9.97 Å². The van der Waals surface area contributed by atoms with Crippen LogP contribution in [-0.2, 0) is 14.3 Å². The molecule has 0 spiro atoms. The lowest BCUT2D eigenvalue weighted by molar-refractivity contribution is -0.146. The molecule has 102 valence electrons. The van der Waals surface area contributed by atoms with Crippen LogP contribution in [-0.4, -0.2) is 54.1 Å². The third-order valence-electron chi connectivity index (χ3n) is 2.27. The molecule has 1 heterocycles. The number of anilines is 1. The highest BCUT2D eigenvalue weighted by molar-refractivity contribution is 6.38. The molecule has 1 N–H and O–H groups in total. The zero-order valence-corrected chi connectivity index (χ0v) is 10.7. The van der Waals surface area contributed by atoms with Crippen LogP contribution >= 0.6 is 0 Å². The molecule has 1 rings (SSSR count). The molecule has 0 amide bonds. The minimum Gasteiger partial charge on any atom is -0.475 e. The lowest BCUT2D eigenvalue weighted by Crippen LogP contribution is -2.23. The summed E-state index contributed by atoms with van der Waals surface area (Å²) in [5.41, 5.74) is 0.554. The van der Waals surface area contributed by atoms with Crippen LogP contribution in [0.1, 0.15) is 5.56 Å². The molecule has 0 aromatic carbocycles. The van der Waals surface area contributed by atoms with Gasteiger partial charge in [0.2, 0.25) is 5.95 Å². The zero-order chi connectivity index (χ0) is 14.3. The first-order valence-electron chi connectivity index (χ1n) is 5.52. The number of aromatic nitrogens is 2. The Labute approximate surface area is 110 Å². The topological polar surface area (TPSA) is 92.6 Å². The van der Waals surface area contributed by atoms with E-state index in [-0.39, 0.29) is 0 Å². The summed E-state index contributed by atoms with van der Waals surface area (Å²) in [6.07, 6.45) is 5.35. The number of ether oxygens (including phenoxy) is 1. The molecule has 7 heteroatoms. The largest absolute Gasteiger partial charge is 0.475 e. The maximum atomic E-state index is 10.9. The summed E-state index contributed by atoms with van der Waals surface area (Å²) < 4.78 is 4.94. The predicted octanol–water partition coefficient (Wildman–Crippen LogP) is 0.226. The second-order valence-electron chi connectivity index (χ2n) is 3.73. The van der Waals surface area contributed by atoms with Crippen molar-refractivity contribution in [2.45, 2.75) is 0 Å². The Morgan fingerprint density at radius 1 is 1.42 bits per heavy atom. The van der Waals surface area contributed by atoms with E-state index < -0.39 is 11.8 Å². The highest BCUT2D eigenvalue weighted by Crippen LogP contribution is 2.06. The molecular formula is C12H15N3O4. The molecule has 7 nitrogen and oxygen atoms in total. The van der Waals surface area contributed by atoms with Crippen molar-refractivity contribution < 1.29 is 19.4 Å². The molecule has 19 heavy (non-hydrogen) atoms. The normalized spacial score (nSPS) is 10.6. The maximum absolute atomic E-state index is 10.9. The Morgan fingerprint density at radius 2 is 2.05 bits per heavy atom. The van der Waals surface area contributed by atoms with Crippen molar-refractivity contribution in [3.63, 3.8) is 0 Å². The van der Waals surface area contributed by atoms with Gasteiger partial charge in [0.25, 0.3) is 5.78 Å². The van der Waals surface area contributed by atoms with Crippen molar-refractivity contribution >= 4 is 23.8 Å². The summed E-state index contributed by atoms with van der Waals surface area (Å²) in [5.74, 6) is -1.95. The Hall–Kier alpha value is -2.28. The minimum absolute atomic E-state index is 0.527. The fourth-order valence-corrected chi connectivity index (χ4v) is 1.19. The summed E-state index contributed by atoms with van der Waals surface area (Å²) in [5, 5.41) is 8.41. The molecule has 0 unspecified atom stereocenters. The minimum atomic E-state index is -1.49. The van der Waals surface area contributed by atoms with Crippen LogP contribution in [0.15, 0.2) is 18.5 Å². The van der Waals surface area contributed by atoms with Crippen LogP contribution in [0.2, 0.25) is 0 Å². The average molecular weight is 265 g/mol. The zero-order valence-electron chi connectivity index (χ0n) is 10.7. The van der Waals surface area contributed by atoms with Gasteiger partial charge in [-0.25, -0.2) is 14.8 Å². The number of rotatable bonds is 7. The van der Waals surface area contributed by atoms with Gasteiger partial charge in [-0.1, -0.05) is 0 Å². The van der Waals surface area contributed by atoms with Gasteiger partial charge in [-0.05, 0) is 12.2 Å². The highest BCUT2D eigenvalue weighted by atomic mass is 16.5. The van der Waals surface area contributed by atoms with Crippen LogP contribution in [0.5, 0.6) is 0 Å². The molecule has 0 aliphatic carbocycles. The van der Waals surface area contributed by atoms with Gasteiger partial charge in [-0.15, -0.1) is 0 Å². The first kappa shape index (κ1) is 14.8. The number of carbonyl (C=O) groups excluding carboxylic acids is 1. The van der Waals surface area contributed by atoms with E-state index in [1.54, 1.807) is 7.11 Å². The Bertz CT molecular complexity index is 470. The monoisotopic (exact) mass is 265 g/mol. The molecule has 0 saturated heterocycles. The van der Waals surface area contributed by atoms with Crippen molar-refractivity contribution in [2.24, 2.45) is 0 Å². The van der Waals surface area contributed by atoms with Crippen molar-refractivity contribution in [3.8, 4) is 0 Å². The number of hydrogen-bond acceptors (Lipinski definition) is 6. The van der Waals surface area contributed by atoms with Gasteiger partial charge < -0.3 is 14.7 Å². The summed E-state index contributed by atoms with van der Waals surface area (Å²) >= 11 is 0. The number of nitrogens with zero attached hydrogens (tertiary/aromatic N) is 3. The maximum Gasteiger partial charge on any atom is 0.376 e. The van der Waals surface area contributed by atoms with Crippen LogP contribution in [0.3, 0.4) is 0 Å². The fraction of sp³-hybridized carbons (Fsp3) is 0.333. The summed E-state index contributed by atoms with van der Waals surface area (Å²) in [4.78, 5) is 31.2. The Balaban J connectivity index is 2.66. The molecule has 0 aliphatic rings. The number of methoxy groups -OCH3 is 1. The van der Waals surface area contributed by atoms with E-state index in [1.807, 2.05) is 11.9 Å². The van der Waals surface area contributed by atoms with Gasteiger partial charge in [0, 0.05) is 38.7 Å². The SMILES string of the molecule is COCCN(C)c1ncc(C=CC(=O)C(=O)O)cn1. The third kappa shape index (κ3) is 4.84. The summed E-state index contributed by atoms with van der Waals surface area (Å²) in [6, 6.07) is 0. The van der Waals surface area contributed by atoms with Crippen LogP contribution in [0.4, 0.5) is 5.95 Å². The van der Waals surface area contributed by atoms with Gasteiger partial charge >= 0.3 is 5.97 Å². The first-order chi connectivity index (χ1) is 9.04. The molecule has 0 radical (unpaired) electrons. The van der Waals surface area contributed by atoms with Gasteiger partial charge in [0.1, 0.15) is 0 Å². The molecule has 1 aromatic rings. The van der Waals surface area contributed by atoms with E-state index in [4.69, 9.17) is 9.84 Å². The first-order valence-corrected chi connectivity index (χ1v) is 5.52. The van der Waals surface area contributed by atoms with Crippen molar-refractivity contribution in [2.75, 3.05) is 32.2 Å². The van der Waals surface area contributed by atoms with Crippen LogP contribution < -0.4 is 4.90 Å². The second-order valence-corrected chi connectivity index (χ2v) is 3.73. The number of carboxylic acids is 1. The van der Waals surface area contributed by atoms with E-state index in [9.17, 15) is 9.59 Å². The molecular weight excluding hydrogens is 250 g/mol. The van der Waals surface area contributed by atoms with Gasteiger partial charge in [-0.3, -0.25) is 4.79 Å². The molecule has 0 fully saturated rings. The van der Waals surface area contributed by atoms with E-state index in [0.29, 0.717) is 24.7 Å². The molecule has 0 aliphatic heterocycles. The molecule has 1 aromatic heterocycles. The second kappa shape index (κ2) is 7.22. The van der Waals surface area contributed by atoms with E-state index in [2.05, 4.69) is 9.97 Å². The highest BCUT2D eigenvalue weighted by Gasteiger charge is 2.06. The lowest BCUT2D eigenvalue weighted by Gasteiger charge is -2.15. The number of likely N-dealkylation sites (N-methyl/N-ethyl adjacent to an activating group) is 1. The lowest BCUT2D eigenvalue weighted by atomic mass is 10.2. The fourth-order valence-electron chi connectivity index (χ4n) is 1.19. The molecule has 0 atom stereocenters. The Morgan fingerprint density at radius 3 is 2.58 bits per heavy atom. The predicted molar refractivity (Wildman–Crippen MR) is 68.9 cm³/mol. The third-order valence-corrected chi connectivity index (χ3v) is 2.27. The molecule has 0 bridgehead atoms. The Kier molecular flexibility index (Phi) is 5.62. The van der Waals surface area contributed by atoms with Gasteiger partial charge in [-0.2, -0.15) is 0 Å². The number of carbonyl (C=O) groups is 2. The smallest absolute Gasteiger partial charge is 0.376 e. The van der Waals surface area contributed by atoms with E-state index in [1.165, 1.54) is 18.5 Å².